The Morgan fingerprint density at radius 2 is 2.17 bits per heavy atom. The molecule has 0 saturated heterocycles. The molecule has 0 fully saturated rings. The number of nitrogens with two attached hydrogens (primary N) is 2. The predicted octanol–water partition coefficient (Wildman–Crippen LogP) is 1.16. The third-order valence-electron chi connectivity index (χ3n) is 2.37. The predicted molar refractivity (Wildman–Crippen MR) is 72.9 cm³/mol. The van der Waals surface area contributed by atoms with Gasteiger partial charge >= 0.3 is 0 Å². The minimum Gasteiger partial charge on any atom is -0.368 e. The Hall–Kier alpha value is -1.87. The zero-order valence-electron chi connectivity index (χ0n) is 9.36. The van der Waals surface area contributed by atoms with Crippen molar-refractivity contribution in [3.05, 3.63) is 11.7 Å². The number of aromatic nitrogens is 5. The molecule has 3 heterocycles. The molecule has 3 aromatic rings. The van der Waals surface area contributed by atoms with Crippen LogP contribution in [0.15, 0.2) is 16.6 Å². The molecule has 0 unspecified atom stereocenters. The van der Waals surface area contributed by atoms with E-state index in [2.05, 4.69) is 20.1 Å². The van der Waals surface area contributed by atoms with Crippen LogP contribution in [0.3, 0.4) is 0 Å². The average Bonchev–Trinajstić information content (AvgIpc) is 2.91. The molecule has 0 aliphatic rings. The molecule has 0 atom stereocenters. The van der Waals surface area contributed by atoms with Crippen LogP contribution in [0.1, 0.15) is 0 Å². The van der Waals surface area contributed by atoms with Crippen LogP contribution in [0.4, 0.5) is 11.9 Å². The van der Waals surface area contributed by atoms with Gasteiger partial charge in [-0.1, -0.05) is 0 Å². The molecule has 0 aliphatic carbocycles. The van der Waals surface area contributed by atoms with E-state index in [-0.39, 0.29) is 11.9 Å². The minimum absolute atomic E-state index is 0.126. The van der Waals surface area contributed by atoms with Crippen LogP contribution >= 0.6 is 23.1 Å². The summed E-state index contributed by atoms with van der Waals surface area (Å²) in [6.45, 7) is 0. The number of rotatable bonds is 2. The third-order valence-corrected chi connectivity index (χ3v) is 4.24. The Bertz CT molecular complexity index is 717. The van der Waals surface area contributed by atoms with Gasteiger partial charge in [-0.15, -0.1) is 28.2 Å². The molecule has 0 spiro atoms. The number of thioether (sulfide) groups is 1. The van der Waals surface area contributed by atoms with Gasteiger partial charge in [-0.25, -0.2) is 9.97 Å². The van der Waals surface area contributed by atoms with Gasteiger partial charge in [0.05, 0.1) is 4.70 Å². The Labute approximate surface area is 110 Å². The standard InChI is InChI=1S/C9H9N7S2/c1-17-4-2-18-6-5(4)12-3-13-7(6)16-9(11)14-8(10)15-16/h2-3H,1H3,(H4,10,11,14,15). The van der Waals surface area contributed by atoms with Crippen molar-refractivity contribution in [1.29, 1.82) is 0 Å². The van der Waals surface area contributed by atoms with Crippen molar-refractivity contribution in [2.45, 2.75) is 4.90 Å². The van der Waals surface area contributed by atoms with Gasteiger partial charge in [-0.2, -0.15) is 9.67 Å². The molecule has 0 saturated carbocycles. The number of hydrogen-bond donors (Lipinski definition) is 2. The minimum atomic E-state index is 0.126. The molecule has 9 heteroatoms. The second-order valence-electron chi connectivity index (χ2n) is 3.42. The van der Waals surface area contributed by atoms with Crippen molar-refractivity contribution in [2.75, 3.05) is 17.7 Å². The van der Waals surface area contributed by atoms with Crippen LogP contribution in [0.2, 0.25) is 0 Å². The van der Waals surface area contributed by atoms with E-state index in [0.717, 1.165) is 15.1 Å². The Morgan fingerprint density at radius 1 is 1.33 bits per heavy atom. The summed E-state index contributed by atoms with van der Waals surface area (Å²) in [7, 11) is 0. The highest BCUT2D eigenvalue weighted by Crippen LogP contribution is 2.33. The molecule has 0 amide bonds. The molecule has 0 aliphatic heterocycles. The maximum absolute atomic E-state index is 5.75. The Morgan fingerprint density at radius 3 is 2.83 bits per heavy atom. The zero-order valence-corrected chi connectivity index (χ0v) is 11.0. The molecule has 0 bridgehead atoms. The molecule has 3 aromatic heterocycles. The van der Waals surface area contributed by atoms with E-state index in [1.807, 2.05) is 11.6 Å². The number of nitrogen functional groups attached to an aromatic ring is 2. The second-order valence-corrected chi connectivity index (χ2v) is 5.15. The lowest BCUT2D eigenvalue weighted by atomic mass is 10.4. The fraction of sp³-hybridized carbons (Fsp3) is 0.111. The number of thiophene rings is 1. The van der Waals surface area contributed by atoms with Crippen molar-refractivity contribution in [2.24, 2.45) is 0 Å². The fourth-order valence-electron chi connectivity index (χ4n) is 1.61. The molecular formula is C9H9N7S2. The van der Waals surface area contributed by atoms with Crippen LogP contribution in [-0.2, 0) is 0 Å². The lowest BCUT2D eigenvalue weighted by Gasteiger charge is -2.02. The lowest BCUT2D eigenvalue weighted by molar-refractivity contribution is 0.866. The summed E-state index contributed by atoms with van der Waals surface area (Å²) in [6.07, 6.45) is 3.49. The Kier molecular flexibility index (Phi) is 2.56. The van der Waals surface area contributed by atoms with Crippen molar-refractivity contribution in [1.82, 2.24) is 24.7 Å². The van der Waals surface area contributed by atoms with Crippen molar-refractivity contribution >= 4 is 45.2 Å². The first-order valence-electron chi connectivity index (χ1n) is 4.95. The van der Waals surface area contributed by atoms with Crippen LogP contribution in [-0.4, -0.2) is 31.0 Å². The number of fused-ring (bicyclic) bond motifs is 1. The fourth-order valence-corrected chi connectivity index (χ4v) is 3.41. The van der Waals surface area contributed by atoms with E-state index < -0.39 is 0 Å². The summed E-state index contributed by atoms with van der Waals surface area (Å²) in [5.74, 6) is 0.944. The molecular weight excluding hydrogens is 270 g/mol. The first-order chi connectivity index (χ1) is 8.70. The molecule has 3 rings (SSSR count). The monoisotopic (exact) mass is 279 g/mol. The van der Waals surface area contributed by atoms with Crippen molar-refractivity contribution in [3.8, 4) is 5.82 Å². The zero-order chi connectivity index (χ0) is 12.7. The lowest BCUT2D eigenvalue weighted by Crippen LogP contribution is -2.05. The van der Waals surface area contributed by atoms with Gasteiger partial charge in [0, 0.05) is 10.3 Å². The molecule has 92 valence electrons. The summed E-state index contributed by atoms with van der Waals surface area (Å²) in [5.41, 5.74) is 12.2. The topological polar surface area (TPSA) is 109 Å². The van der Waals surface area contributed by atoms with Gasteiger partial charge in [0.1, 0.15) is 11.8 Å². The molecule has 18 heavy (non-hydrogen) atoms. The van der Waals surface area contributed by atoms with Crippen molar-refractivity contribution in [3.63, 3.8) is 0 Å². The highest BCUT2D eigenvalue weighted by atomic mass is 32.2. The maximum atomic E-state index is 5.75. The van der Waals surface area contributed by atoms with Gasteiger partial charge in [-0.3, -0.25) is 0 Å². The van der Waals surface area contributed by atoms with E-state index in [0.29, 0.717) is 5.82 Å². The van der Waals surface area contributed by atoms with Crippen LogP contribution in [0.5, 0.6) is 0 Å². The highest BCUT2D eigenvalue weighted by Gasteiger charge is 2.15. The highest BCUT2D eigenvalue weighted by molar-refractivity contribution is 7.99. The van der Waals surface area contributed by atoms with Gasteiger partial charge in [0.2, 0.25) is 11.9 Å². The molecule has 0 aromatic carbocycles. The summed E-state index contributed by atoms with van der Waals surface area (Å²) in [5, 5.41) is 6.07. The van der Waals surface area contributed by atoms with E-state index in [4.69, 9.17) is 11.5 Å². The normalized spacial score (nSPS) is 11.2. The number of hydrogen-bond acceptors (Lipinski definition) is 8. The van der Waals surface area contributed by atoms with Gasteiger partial charge in [0.15, 0.2) is 5.82 Å². The van der Waals surface area contributed by atoms with E-state index >= 15 is 0 Å². The molecule has 0 radical (unpaired) electrons. The number of nitrogens with zero attached hydrogens (tertiary/aromatic N) is 5. The summed E-state index contributed by atoms with van der Waals surface area (Å²) in [4.78, 5) is 13.5. The largest absolute Gasteiger partial charge is 0.368 e. The molecule has 4 N–H and O–H groups in total. The number of anilines is 2. The van der Waals surface area contributed by atoms with Crippen LogP contribution < -0.4 is 11.5 Å². The van der Waals surface area contributed by atoms with Crippen molar-refractivity contribution < 1.29 is 0 Å². The smallest absolute Gasteiger partial charge is 0.241 e. The third kappa shape index (κ3) is 1.59. The first-order valence-corrected chi connectivity index (χ1v) is 7.05. The summed E-state index contributed by atoms with van der Waals surface area (Å²) < 4.78 is 2.35. The van der Waals surface area contributed by atoms with Gasteiger partial charge in [-0.05, 0) is 6.26 Å². The van der Waals surface area contributed by atoms with Crippen LogP contribution in [0.25, 0.3) is 16.0 Å². The molecule has 7 nitrogen and oxygen atoms in total. The average molecular weight is 279 g/mol. The van der Waals surface area contributed by atoms with Gasteiger partial charge in [0.25, 0.3) is 0 Å². The maximum Gasteiger partial charge on any atom is 0.241 e. The van der Waals surface area contributed by atoms with E-state index in [1.54, 1.807) is 23.1 Å². The summed E-state index contributed by atoms with van der Waals surface area (Å²) in [6, 6.07) is 0. The SMILES string of the molecule is CSc1csc2c(-n3nc(N)nc3N)ncnc12. The van der Waals surface area contributed by atoms with Gasteiger partial charge < -0.3 is 11.5 Å². The second kappa shape index (κ2) is 4.10. The Balaban J connectivity index is 2.29. The first kappa shape index (κ1) is 11.2. The van der Waals surface area contributed by atoms with E-state index in [1.165, 1.54) is 11.0 Å². The van der Waals surface area contributed by atoms with E-state index in [9.17, 15) is 0 Å². The van der Waals surface area contributed by atoms with Crippen LogP contribution in [0, 0.1) is 0 Å². The quantitative estimate of drug-likeness (QED) is 0.677. The summed E-state index contributed by atoms with van der Waals surface area (Å²) >= 11 is 3.18.